The van der Waals surface area contributed by atoms with E-state index in [0.717, 1.165) is 55.6 Å². The average Bonchev–Trinajstić information content (AvgIpc) is 2.84. The van der Waals surface area contributed by atoms with E-state index in [2.05, 4.69) is 41.5 Å². The SMILES string of the molecule is CCCC(C)Oc1cccc(C(=O)CCc2cc(OC(C)CCC)cc(OC)c2OC(C)CCC)c1. The van der Waals surface area contributed by atoms with Crippen LogP contribution in [0.15, 0.2) is 36.4 Å². The first kappa shape index (κ1) is 29.5. The number of aryl methyl sites for hydroxylation is 1. The van der Waals surface area contributed by atoms with Crippen molar-refractivity contribution in [2.45, 2.75) is 111 Å². The highest BCUT2D eigenvalue weighted by Crippen LogP contribution is 2.38. The molecule has 5 nitrogen and oxygen atoms in total. The van der Waals surface area contributed by atoms with Crippen LogP contribution in [-0.4, -0.2) is 31.2 Å². The van der Waals surface area contributed by atoms with E-state index < -0.39 is 0 Å². The highest BCUT2D eigenvalue weighted by Gasteiger charge is 2.19. The van der Waals surface area contributed by atoms with Gasteiger partial charge in [-0.05, 0) is 64.7 Å². The second kappa shape index (κ2) is 15.4. The van der Waals surface area contributed by atoms with E-state index in [1.54, 1.807) is 7.11 Å². The molecule has 0 saturated heterocycles. The predicted octanol–water partition coefficient (Wildman–Crippen LogP) is 8.21. The van der Waals surface area contributed by atoms with Crippen molar-refractivity contribution in [2.24, 2.45) is 0 Å². The molecule has 0 fully saturated rings. The van der Waals surface area contributed by atoms with E-state index in [1.807, 2.05) is 36.4 Å². The van der Waals surface area contributed by atoms with Gasteiger partial charge >= 0.3 is 0 Å². The van der Waals surface area contributed by atoms with Crippen LogP contribution in [0.2, 0.25) is 0 Å². The fourth-order valence-electron chi connectivity index (χ4n) is 4.37. The number of rotatable bonds is 17. The molecule has 0 heterocycles. The van der Waals surface area contributed by atoms with Gasteiger partial charge < -0.3 is 18.9 Å². The Morgan fingerprint density at radius 3 is 1.94 bits per heavy atom. The van der Waals surface area contributed by atoms with Crippen LogP contribution in [0.1, 0.15) is 102 Å². The molecule has 200 valence electrons. The second-order valence-electron chi connectivity index (χ2n) is 9.72. The summed E-state index contributed by atoms with van der Waals surface area (Å²) in [5, 5.41) is 0. The van der Waals surface area contributed by atoms with Crippen molar-refractivity contribution < 1.29 is 23.7 Å². The number of hydrogen-bond acceptors (Lipinski definition) is 5. The van der Waals surface area contributed by atoms with Crippen molar-refractivity contribution in [3.05, 3.63) is 47.5 Å². The molecular formula is C31H46O5. The molecule has 0 saturated carbocycles. The van der Waals surface area contributed by atoms with Crippen LogP contribution in [0.4, 0.5) is 0 Å². The van der Waals surface area contributed by atoms with Crippen molar-refractivity contribution in [1.29, 1.82) is 0 Å². The molecule has 5 heteroatoms. The smallest absolute Gasteiger partial charge is 0.165 e. The quantitative estimate of drug-likeness (QED) is 0.206. The molecule has 0 bridgehead atoms. The first-order valence-electron chi connectivity index (χ1n) is 13.6. The molecule has 0 spiro atoms. The number of benzene rings is 2. The fourth-order valence-corrected chi connectivity index (χ4v) is 4.37. The number of methoxy groups -OCH3 is 1. The van der Waals surface area contributed by atoms with Crippen LogP contribution in [0.3, 0.4) is 0 Å². The Bertz CT molecular complexity index is 939. The number of hydrogen-bond donors (Lipinski definition) is 0. The summed E-state index contributed by atoms with van der Waals surface area (Å²) in [6, 6.07) is 11.4. The van der Waals surface area contributed by atoms with Crippen molar-refractivity contribution in [1.82, 2.24) is 0 Å². The Labute approximate surface area is 218 Å². The summed E-state index contributed by atoms with van der Waals surface area (Å²) in [7, 11) is 1.64. The van der Waals surface area contributed by atoms with Crippen LogP contribution in [-0.2, 0) is 6.42 Å². The van der Waals surface area contributed by atoms with Crippen LogP contribution in [0.5, 0.6) is 23.0 Å². The molecule has 0 N–H and O–H groups in total. The van der Waals surface area contributed by atoms with Crippen LogP contribution < -0.4 is 18.9 Å². The van der Waals surface area contributed by atoms with E-state index in [1.165, 1.54) is 0 Å². The van der Waals surface area contributed by atoms with Gasteiger partial charge in [-0.25, -0.2) is 0 Å². The van der Waals surface area contributed by atoms with E-state index in [0.29, 0.717) is 29.9 Å². The van der Waals surface area contributed by atoms with Gasteiger partial charge in [0.1, 0.15) is 11.5 Å². The summed E-state index contributed by atoms with van der Waals surface area (Å²) in [5.41, 5.74) is 1.59. The molecule has 0 radical (unpaired) electrons. The van der Waals surface area contributed by atoms with Gasteiger partial charge in [-0.2, -0.15) is 0 Å². The summed E-state index contributed by atoms with van der Waals surface area (Å²) in [5.74, 6) is 2.89. The predicted molar refractivity (Wildman–Crippen MR) is 147 cm³/mol. The third-order valence-electron chi connectivity index (χ3n) is 6.18. The summed E-state index contributed by atoms with van der Waals surface area (Å²) < 4.78 is 24.2. The highest BCUT2D eigenvalue weighted by molar-refractivity contribution is 5.96. The Balaban J connectivity index is 2.26. The van der Waals surface area contributed by atoms with Gasteiger partial charge in [0.05, 0.1) is 25.4 Å². The number of carbonyl (C=O) groups is 1. The molecule has 0 aliphatic heterocycles. The molecule has 3 unspecified atom stereocenters. The Kier molecular flexibility index (Phi) is 12.7. The van der Waals surface area contributed by atoms with Gasteiger partial charge in [-0.1, -0.05) is 52.2 Å². The molecule has 2 aromatic carbocycles. The van der Waals surface area contributed by atoms with Crippen molar-refractivity contribution >= 4 is 5.78 Å². The van der Waals surface area contributed by atoms with Crippen molar-refractivity contribution in [3.63, 3.8) is 0 Å². The minimum atomic E-state index is 0.0445. The molecule has 2 rings (SSSR count). The van der Waals surface area contributed by atoms with Gasteiger partial charge in [-0.15, -0.1) is 0 Å². The zero-order valence-electron chi connectivity index (χ0n) is 23.4. The van der Waals surface area contributed by atoms with Gasteiger partial charge in [0.25, 0.3) is 0 Å². The lowest BCUT2D eigenvalue weighted by atomic mass is 10.0. The lowest BCUT2D eigenvalue weighted by molar-refractivity contribution is 0.0981. The molecule has 0 aliphatic carbocycles. The standard InChI is InChI=1S/C31H46O5/c1-8-12-22(4)34-27-16-11-15-25(19-27)29(32)18-17-26-20-28(35-23(5)13-9-2)21-30(33-7)31(26)36-24(6)14-10-3/h11,15-16,19-24H,8-10,12-14,17-18H2,1-7H3. The second-order valence-corrected chi connectivity index (χ2v) is 9.72. The van der Waals surface area contributed by atoms with E-state index in [4.69, 9.17) is 18.9 Å². The van der Waals surface area contributed by atoms with Crippen LogP contribution >= 0.6 is 0 Å². The maximum atomic E-state index is 13.2. The third-order valence-corrected chi connectivity index (χ3v) is 6.18. The van der Waals surface area contributed by atoms with Crippen LogP contribution in [0.25, 0.3) is 0 Å². The minimum absolute atomic E-state index is 0.0445. The molecule has 2 aromatic rings. The molecule has 3 atom stereocenters. The fraction of sp³-hybridized carbons (Fsp3) is 0.581. The summed E-state index contributed by atoms with van der Waals surface area (Å²) in [6.07, 6.45) is 7.17. The monoisotopic (exact) mass is 498 g/mol. The normalized spacial score (nSPS) is 13.5. The zero-order chi connectivity index (χ0) is 26.5. The summed E-state index contributed by atoms with van der Waals surface area (Å²) in [4.78, 5) is 13.2. The maximum absolute atomic E-state index is 13.2. The number of carbonyl (C=O) groups excluding carboxylic acids is 1. The maximum Gasteiger partial charge on any atom is 0.165 e. The third kappa shape index (κ3) is 9.40. The largest absolute Gasteiger partial charge is 0.493 e. The Morgan fingerprint density at radius 1 is 0.778 bits per heavy atom. The first-order valence-corrected chi connectivity index (χ1v) is 13.6. The van der Waals surface area contributed by atoms with E-state index in [-0.39, 0.29) is 24.1 Å². The first-order chi connectivity index (χ1) is 17.3. The van der Waals surface area contributed by atoms with Crippen molar-refractivity contribution in [3.8, 4) is 23.0 Å². The summed E-state index contributed by atoms with van der Waals surface area (Å²) >= 11 is 0. The average molecular weight is 499 g/mol. The van der Waals surface area contributed by atoms with Gasteiger partial charge in [0.15, 0.2) is 17.3 Å². The Hall–Kier alpha value is -2.69. The molecular weight excluding hydrogens is 452 g/mol. The lowest BCUT2D eigenvalue weighted by Crippen LogP contribution is -2.15. The lowest BCUT2D eigenvalue weighted by Gasteiger charge is -2.22. The van der Waals surface area contributed by atoms with E-state index in [9.17, 15) is 4.79 Å². The van der Waals surface area contributed by atoms with Gasteiger partial charge in [0, 0.05) is 23.6 Å². The minimum Gasteiger partial charge on any atom is -0.493 e. The highest BCUT2D eigenvalue weighted by atomic mass is 16.5. The molecule has 36 heavy (non-hydrogen) atoms. The van der Waals surface area contributed by atoms with E-state index >= 15 is 0 Å². The molecule has 0 aliphatic rings. The number of ketones is 1. The van der Waals surface area contributed by atoms with Gasteiger partial charge in [0.2, 0.25) is 0 Å². The summed E-state index contributed by atoms with van der Waals surface area (Å²) in [6.45, 7) is 12.6. The number of ether oxygens (including phenoxy) is 4. The zero-order valence-corrected chi connectivity index (χ0v) is 23.4. The van der Waals surface area contributed by atoms with Crippen molar-refractivity contribution in [2.75, 3.05) is 7.11 Å². The topological polar surface area (TPSA) is 54.0 Å². The molecule has 0 amide bonds. The van der Waals surface area contributed by atoms with Gasteiger partial charge in [-0.3, -0.25) is 4.79 Å². The Morgan fingerprint density at radius 2 is 1.36 bits per heavy atom. The van der Waals surface area contributed by atoms with Crippen LogP contribution in [0, 0.1) is 0 Å². The number of Topliss-reactive ketones (excluding diaryl/α,β-unsaturated/α-hetero) is 1. The molecule has 0 aromatic heterocycles.